The summed E-state index contributed by atoms with van der Waals surface area (Å²) in [5.74, 6) is 5.79. The minimum atomic E-state index is -0.0116. The van der Waals surface area contributed by atoms with Crippen LogP contribution in [0.25, 0.3) is 0 Å². The maximum Gasteiger partial charge on any atom is 0.252 e. The molecule has 0 aliphatic heterocycles. The van der Waals surface area contributed by atoms with Crippen LogP contribution in [-0.4, -0.2) is 18.5 Å². The van der Waals surface area contributed by atoms with Crippen molar-refractivity contribution < 1.29 is 4.79 Å². The highest BCUT2D eigenvalue weighted by Crippen LogP contribution is 2.18. The predicted octanol–water partition coefficient (Wildman–Crippen LogP) is 2.84. The van der Waals surface area contributed by atoms with Gasteiger partial charge in [0.15, 0.2) is 0 Å². The quantitative estimate of drug-likeness (QED) is 0.821. The molecule has 112 valence electrons. The minimum absolute atomic E-state index is 0.0116. The topological polar surface area (TPSA) is 55.1 Å². The highest BCUT2D eigenvalue weighted by molar-refractivity contribution is 5.96. The van der Waals surface area contributed by atoms with E-state index >= 15 is 0 Å². The van der Waals surface area contributed by atoms with Crippen LogP contribution in [0.1, 0.15) is 60.9 Å². The average molecular weight is 284 g/mol. The number of carbonyl (C=O) groups is 1. The van der Waals surface area contributed by atoms with Gasteiger partial charge in [0.05, 0.1) is 12.1 Å². The van der Waals surface area contributed by atoms with Crippen molar-refractivity contribution in [3.63, 3.8) is 0 Å². The zero-order chi connectivity index (χ0) is 14.9. The number of amides is 1. The van der Waals surface area contributed by atoms with E-state index in [1.54, 1.807) is 0 Å². The molecule has 1 aliphatic rings. The fraction of sp³-hybridized carbons (Fsp3) is 0.500. The Kier molecular flexibility index (Phi) is 6.30. The van der Waals surface area contributed by atoms with E-state index in [1.165, 1.54) is 32.1 Å². The van der Waals surface area contributed by atoms with Gasteiger partial charge in [-0.05, 0) is 25.0 Å². The van der Waals surface area contributed by atoms with Crippen molar-refractivity contribution in [2.45, 2.75) is 51.0 Å². The summed E-state index contributed by atoms with van der Waals surface area (Å²) in [6.07, 6.45) is 8.48. The van der Waals surface area contributed by atoms with E-state index in [-0.39, 0.29) is 5.91 Å². The lowest BCUT2D eigenvalue weighted by molar-refractivity contribution is 0.0930. The van der Waals surface area contributed by atoms with Crippen molar-refractivity contribution in [1.29, 1.82) is 0 Å². The molecule has 0 unspecified atom stereocenters. The molecule has 21 heavy (non-hydrogen) atoms. The summed E-state index contributed by atoms with van der Waals surface area (Å²) in [6.45, 7) is 0.304. The molecule has 3 N–H and O–H groups in total. The van der Waals surface area contributed by atoms with Gasteiger partial charge in [0.2, 0.25) is 0 Å². The number of carbonyl (C=O) groups excluding carboxylic acids is 1. The van der Waals surface area contributed by atoms with Gasteiger partial charge < -0.3 is 11.1 Å². The molecule has 0 heterocycles. The number of benzene rings is 1. The summed E-state index contributed by atoms with van der Waals surface area (Å²) in [5.41, 5.74) is 6.82. The van der Waals surface area contributed by atoms with Crippen molar-refractivity contribution in [3.8, 4) is 11.8 Å². The van der Waals surface area contributed by atoms with Crippen LogP contribution < -0.4 is 11.1 Å². The van der Waals surface area contributed by atoms with Gasteiger partial charge in [-0.25, -0.2) is 0 Å². The SMILES string of the molecule is NCC#Cc1ccccc1C(=O)NC1CCCCCCC1. The first-order chi connectivity index (χ1) is 10.3. The zero-order valence-corrected chi connectivity index (χ0v) is 12.5. The average Bonchev–Trinajstić information content (AvgIpc) is 2.48. The minimum Gasteiger partial charge on any atom is -0.349 e. The van der Waals surface area contributed by atoms with Crippen molar-refractivity contribution in [1.82, 2.24) is 5.32 Å². The Morgan fingerprint density at radius 2 is 1.81 bits per heavy atom. The third-order valence-corrected chi connectivity index (χ3v) is 3.94. The summed E-state index contributed by atoms with van der Waals surface area (Å²) >= 11 is 0. The lowest BCUT2D eigenvalue weighted by Gasteiger charge is -2.21. The number of hydrogen-bond donors (Lipinski definition) is 2. The van der Waals surface area contributed by atoms with E-state index in [0.717, 1.165) is 18.4 Å². The number of rotatable bonds is 2. The van der Waals surface area contributed by atoms with Crippen LogP contribution in [0.2, 0.25) is 0 Å². The van der Waals surface area contributed by atoms with E-state index in [9.17, 15) is 4.79 Å². The second-order valence-electron chi connectivity index (χ2n) is 5.57. The van der Waals surface area contributed by atoms with Crippen LogP contribution in [-0.2, 0) is 0 Å². The standard InChI is InChI=1S/C18H24N2O/c19-14-8-10-15-9-6-7-13-17(15)18(21)20-16-11-4-2-1-3-5-12-16/h6-7,9,13,16H,1-5,11-12,14,19H2,(H,20,21). The fourth-order valence-corrected chi connectivity index (χ4v) is 2.80. The lowest BCUT2D eigenvalue weighted by atomic mass is 9.96. The summed E-state index contributed by atoms with van der Waals surface area (Å²) in [7, 11) is 0. The van der Waals surface area contributed by atoms with Gasteiger partial charge in [-0.1, -0.05) is 56.1 Å². The maximum absolute atomic E-state index is 12.5. The van der Waals surface area contributed by atoms with Gasteiger partial charge in [-0.2, -0.15) is 0 Å². The summed E-state index contributed by atoms with van der Waals surface area (Å²) < 4.78 is 0. The first-order valence-electron chi connectivity index (χ1n) is 7.90. The number of hydrogen-bond acceptors (Lipinski definition) is 2. The molecule has 3 nitrogen and oxygen atoms in total. The van der Waals surface area contributed by atoms with E-state index in [4.69, 9.17) is 5.73 Å². The third kappa shape index (κ3) is 4.91. The normalized spacial score (nSPS) is 16.2. The molecule has 0 aromatic heterocycles. The smallest absolute Gasteiger partial charge is 0.252 e. The van der Waals surface area contributed by atoms with E-state index in [1.807, 2.05) is 24.3 Å². The number of nitrogens with one attached hydrogen (secondary N) is 1. The Labute approximate surface area is 127 Å². The Hall–Kier alpha value is -1.79. The van der Waals surface area contributed by atoms with E-state index in [0.29, 0.717) is 18.2 Å². The highest BCUT2D eigenvalue weighted by Gasteiger charge is 2.16. The second-order valence-corrected chi connectivity index (χ2v) is 5.57. The van der Waals surface area contributed by atoms with Crippen LogP contribution in [0.15, 0.2) is 24.3 Å². The van der Waals surface area contributed by atoms with Crippen molar-refractivity contribution in [2.75, 3.05) is 6.54 Å². The largest absolute Gasteiger partial charge is 0.349 e. The summed E-state index contributed by atoms with van der Waals surface area (Å²) in [4.78, 5) is 12.5. The molecular weight excluding hydrogens is 260 g/mol. The third-order valence-electron chi connectivity index (χ3n) is 3.94. The van der Waals surface area contributed by atoms with Gasteiger partial charge in [-0.3, -0.25) is 4.79 Å². The van der Waals surface area contributed by atoms with Crippen molar-refractivity contribution in [3.05, 3.63) is 35.4 Å². The first-order valence-corrected chi connectivity index (χ1v) is 7.90. The second kappa shape index (κ2) is 8.49. The molecule has 1 saturated carbocycles. The Morgan fingerprint density at radius 1 is 1.14 bits per heavy atom. The molecule has 1 amide bonds. The lowest BCUT2D eigenvalue weighted by Crippen LogP contribution is -2.35. The molecule has 0 saturated heterocycles. The Morgan fingerprint density at radius 3 is 2.52 bits per heavy atom. The molecular formula is C18H24N2O. The Balaban J connectivity index is 2.05. The van der Waals surface area contributed by atoms with E-state index in [2.05, 4.69) is 17.2 Å². The van der Waals surface area contributed by atoms with Gasteiger partial charge in [-0.15, -0.1) is 0 Å². The molecule has 1 aromatic rings. The summed E-state index contributed by atoms with van der Waals surface area (Å²) in [6, 6.07) is 7.77. The predicted molar refractivity (Wildman–Crippen MR) is 85.9 cm³/mol. The van der Waals surface area contributed by atoms with Gasteiger partial charge in [0.1, 0.15) is 0 Å². The zero-order valence-electron chi connectivity index (χ0n) is 12.5. The molecule has 1 aromatic carbocycles. The molecule has 1 aliphatic carbocycles. The summed E-state index contributed by atoms with van der Waals surface area (Å²) in [5, 5.41) is 3.18. The van der Waals surface area contributed by atoms with Crippen LogP contribution in [0.5, 0.6) is 0 Å². The van der Waals surface area contributed by atoms with Gasteiger partial charge in [0.25, 0.3) is 5.91 Å². The van der Waals surface area contributed by atoms with Crippen LogP contribution in [0.4, 0.5) is 0 Å². The number of nitrogens with two attached hydrogens (primary N) is 1. The van der Waals surface area contributed by atoms with Gasteiger partial charge >= 0.3 is 0 Å². The first kappa shape index (κ1) is 15.6. The van der Waals surface area contributed by atoms with Crippen LogP contribution in [0.3, 0.4) is 0 Å². The molecule has 0 bridgehead atoms. The molecule has 2 rings (SSSR count). The van der Waals surface area contributed by atoms with Crippen LogP contribution in [0, 0.1) is 11.8 Å². The Bertz CT molecular complexity index is 520. The van der Waals surface area contributed by atoms with Gasteiger partial charge in [0, 0.05) is 11.6 Å². The van der Waals surface area contributed by atoms with E-state index < -0.39 is 0 Å². The van der Waals surface area contributed by atoms with Crippen molar-refractivity contribution in [2.24, 2.45) is 5.73 Å². The van der Waals surface area contributed by atoms with Crippen molar-refractivity contribution >= 4 is 5.91 Å². The maximum atomic E-state index is 12.5. The molecule has 0 atom stereocenters. The molecule has 3 heteroatoms. The fourth-order valence-electron chi connectivity index (χ4n) is 2.80. The van der Waals surface area contributed by atoms with Crippen LogP contribution >= 0.6 is 0 Å². The molecule has 0 radical (unpaired) electrons. The monoisotopic (exact) mass is 284 g/mol. The molecule has 1 fully saturated rings. The highest BCUT2D eigenvalue weighted by atomic mass is 16.1. The molecule has 0 spiro atoms.